The zero-order valence-corrected chi connectivity index (χ0v) is 10.6. The van der Waals surface area contributed by atoms with Crippen LogP contribution < -0.4 is 0 Å². The largest absolute Gasteiger partial charge is 0.388 e. The lowest BCUT2D eigenvalue weighted by atomic mass is 9.75. The summed E-state index contributed by atoms with van der Waals surface area (Å²) in [7, 11) is 0. The summed E-state index contributed by atoms with van der Waals surface area (Å²) in [5.74, 6) is 0.659. The van der Waals surface area contributed by atoms with Crippen LogP contribution in [0.2, 0.25) is 0 Å². The van der Waals surface area contributed by atoms with Gasteiger partial charge in [0, 0.05) is 17.5 Å². The number of aromatic nitrogens is 5. The normalized spacial score (nSPS) is 21.8. The molecule has 0 aromatic carbocycles. The highest BCUT2D eigenvalue weighted by Gasteiger charge is 2.33. The first-order valence-electron chi connectivity index (χ1n) is 6.13. The molecule has 18 heavy (non-hydrogen) atoms. The van der Waals surface area contributed by atoms with Gasteiger partial charge in [0.15, 0.2) is 5.82 Å². The number of nitrogens with one attached hydrogen (secondary N) is 1. The number of nitrogens with zero attached hydrogens (tertiary/aromatic N) is 4. The summed E-state index contributed by atoms with van der Waals surface area (Å²) in [6.45, 7) is 4.96. The second-order valence-corrected chi connectivity index (χ2v) is 5.73. The highest BCUT2D eigenvalue weighted by atomic mass is 16.3. The first-order chi connectivity index (χ1) is 8.55. The van der Waals surface area contributed by atoms with E-state index in [9.17, 15) is 5.11 Å². The molecular weight excluding hydrogens is 230 g/mol. The molecule has 6 nitrogen and oxygen atoms in total. The molecule has 1 unspecified atom stereocenters. The van der Waals surface area contributed by atoms with Gasteiger partial charge in [-0.1, -0.05) is 19.1 Å². The molecule has 1 aliphatic carbocycles. The lowest BCUT2D eigenvalue weighted by Gasteiger charge is -2.33. The van der Waals surface area contributed by atoms with E-state index in [-0.39, 0.29) is 11.5 Å². The van der Waals surface area contributed by atoms with Gasteiger partial charge in [-0.2, -0.15) is 5.21 Å². The minimum Gasteiger partial charge on any atom is -0.388 e. The number of fused-ring (bicyclic) bond motifs is 1. The molecule has 0 radical (unpaired) electrons. The van der Waals surface area contributed by atoms with Crippen molar-refractivity contribution in [1.82, 2.24) is 25.2 Å². The number of H-pyrrole nitrogens is 1. The second-order valence-electron chi connectivity index (χ2n) is 5.73. The summed E-state index contributed by atoms with van der Waals surface area (Å²) >= 11 is 0. The average Bonchev–Trinajstić information content (AvgIpc) is 2.88. The van der Waals surface area contributed by atoms with Gasteiger partial charge in [0.05, 0.1) is 12.6 Å². The maximum absolute atomic E-state index is 10.2. The molecule has 1 atom stereocenters. The van der Waals surface area contributed by atoms with Crippen molar-refractivity contribution in [3.05, 3.63) is 29.3 Å². The first kappa shape index (κ1) is 11.4. The second kappa shape index (κ2) is 3.91. The highest BCUT2D eigenvalue weighted by Crippen LogP contribution is 2.41. The standard InChI is InChI=1S/C12H17N5O/c1-12(2)5-9-8(10(18)6-12)3-4-17(9)7-11-13-15-16-14-11/h3-4,10,18H,5-7H2,1-2H3,(H,13,14,15,16). The van der Waals surface area contributed by atoms with Gasteiger partial charge in [0.2, 0.25) is 0 Å². The molecule has 0 aliphatic heterocycles. The third kappa shape index (κ3) is 1.92. The van der Waals surface area contributed by atoms with E-state index in [2.05, 4.69) is 39.0 Å². The van der Waals surface area contributed by atoms with Gasteiger partial charge >= 0.3 is 0 Å². The predicted molar refractivity (Wildman–Crippen MR) is 64.8 cm³/mol. The summed E-state index contributed by atoms with van der Waals surface area (Å²) < 4.78 is 2.10. The van der Waals surface area contributed by atoms with Crippen molar-refractivity contribution >= 4 is 0 Å². The van der Waals surface area contributed by atoms with Gasteiger partial charge < -0.3 is 9.67 Å². The van der Waals surface area contributed by atoms with E-state index in [4.69, 9.17) is 0 Å². The van der Waals surface area contributed by atoms with Crippen LogP contribution in [0.4, 0.5) is 0 Å². The third-order valence-corrected chi connectivity index (χ3v) is 3.57. The molecule has 0 fully saturated rings. The molecule has 3 rings (SSSR count). The Hall–Kier alpha value is -1.69. The molecular formula is C12H17N5O. The van der Waals surface area contributed by atoms with Crippen molar-refractivity contribution in [3.63, 3.8) is 0 Å². The molecule has 1 aliphatic rings. The molecule has 96 valence electrons. The molecule has 0 spiro atoms. The van der Waals surface area contributed by atoms with Crippen LogP contribution in [0.25, 0.3) is 0 Å². The maximum Gasteiger partial charge on any atom is 0.194 e. The van der Waals surface area contributed by atoms with Crippen LogP contribution in [0.15, 0.2) is 12.3 Å². The average molecular weight is 247 g/mol. The number of hydrogen-bond donors (Lipinski definition) is 2. The quantitative estimate of drug-likeness (QED) is 0.831. The number of aliphatic hydroxyl groups excluding tert-OH is 1. The molecule has 0 bridgehead atoms. The van der Waals surface area contributed by atoms with E-state index in [1.165, 1.54) is 5.69 Å². The van der Waals surface area contributed by atoms with Gasteiger partial charge in [-0.25, -0.2) is 0 Å². The Morgan fingerprint density at radius 1 is 1.56 bits per heavy atom. The van der Waals surface area contributed by atoms with Crippen LogP contribution in [0.5, 0.6) is 0 Å². The SMILES string of the molecule is CC1(C)Cc2c(ccn2Cc2nn[nH]n2)C(O)C1. The Morgan fingerprint density at radius 3 is 3.11 bits per heavy atom. The van der Waals surface area contributed by atoms with Crippen LogP contribution >= 0.6 is 0 Å². The lowest BCUT2D eigenvalue weighted by molar-refractivity contribution is 0.0980. The Labute approximate surface area is 105 Å². The number of aromatic amines is 1. The Kier molecular flexibility index (Phi) is 2.48. The topological polar surface area (TPSA) is 79.6 Å². The van der Waals surface area contributed by atoms with Crippen LogP contribution in [0.1, 0.15) is 43.5 Å². The summed E-state index contributed by atoms with van der Waals surface area (Å²) in [5.41, 5.74) is 2.35. The highest BCUT2D eigenvalue weighted by molar-refractivity contribution is 5.29. The predicted octanol–water partition coefficient (Wildman–Crippen LogP) is 1.06. The zero-order chi connectivity index (χ0) is 12.8. The number of hydrogen-bond acceptors (Lipinski definition) is 4. The van der Waals surface area contributed by atoms with Gasteiger partial charge in [-0.05, 0) is 24.3 Å². The van der Waals surface area contributed by atoms with Crippen LogP contribution in [0.3, 0.4) is 0 Å². The van der Waals surface area contributed by atoms with Crippen LogP contribution in [-0.4, -0.2) is 30.3 Å². The van der Waals surface area contributed by atoms with Crippen molar-refractivity contribution in [2.75, 3.05) is 0 Å². The zero-order valence-electron chi connectivity index (χ0n) is 10.6. The first-order valence-corrected chi connectivity index (χ1v) is 6.13. The summed E-state index contributed by atoms with van der Waals surface area (Å²) in [6, 6.07) is 2.00. The van der Waals surface area contributed by atoms with Crippen molar-refractivity contribution < 1.29 is 5.11 Å². The minimum absolute atomic E-state index is 0.125. The van der Waals surface area contributed by atoms with Crippen molar-refractivity contribution in [2.24, 2.45) is 5.41 Å². The smallest absolute Gasteiger partial charge is 0.194 e. The molecule has 0 amide bonds. The van der Waals surface area contributed by atoms with Crippen molar-refractivity contribution in [2.45, 2.75) is 39.3 Å². The van der Waals surface area contributed by atoms with E-state index in [1.807, 2.05) is 12.3 Å². The van der Waals surface area contributed by atoms with Crippen molar-refractivity contribution in [1.29, 1.82) is 0 Å². The molecule has 0 saturated heterocycles. The molecule has 2 aromatic heterocycles. The molecule has 2 aromatic rings. The molecule has 2 heterocycles. The van der Waals surface area contributed by atoms with Gasteiger partial charge in [-0.15, -0.1) is 10.2 Å². The van der Waals surface area contributed by atoms with Gasteiger partial charge in [-0.3, -0.25) is 0 Å². The van der Waals surface area contributed by atoms with E-state index in [0.717, 1.165) is 18.4 Å². The van der Waals surface area contributed by atoms with Gasteiger partial charge in [0.25, 0.3) is 0 Å². The fourth-order valence-electron chi connectivity index (χ4n) is 2.74. The minimum atomic E-state index is -0.365. The molecule has 0 saturated carbocycles. The summed E-state index contributed by atoms with van der Waals surface area (Å²) in [5, 5.41) is 24.1. The van der Waals surface area contributed by atoms with Crippen LogP contribution in [0, 0.1) is 5.41 Å². The Balaban J connectivity index is 1.94. The maximum atomic E-state index is 10.2. The monoisotopic (exact) mass is 247 g/mol. The van der Waals surface area contributed by atoms with E-state index in [0.29, 0.717) is 12.4 Å². The van der Waals surface area contributed by atoms with E-state index in [1.54, 1.807) is 0 Å². The van der Waals surface area contributed by atoms with Crippen molar-refractivity contribution in [3.8, 4) is 0 Å². The van der Waals surface area contributed by atoms with E-state index >= 15 is 0 Å². The third-order valence-electron chi connectivity index (χ3n) is 3.57. The Bertz CT molecular complexity index is 543. The molecule has 2 N–H and O–H groups in total. The summed E-state index contributed by atoms with van der Waals surface area (Å²) in [6.07, 6.45) is 3.40. The van der Waals surface area contributed by atoms with E-state index < -0.39 is 0 Å². The Morgan fingerprint density at radius 2 is 2.39 bits per heavy atom. The van der Waals surface area contributed by atoms with Crippen LogP contribution in [-0.2, 0) is 13.0 Å². The van der Waals surface area contributed by atoms with Gasteiger partial charge in [0.1, 0.15) is 0 Å². The fourth-order valence-corrected chi connectivity index (χ4v) is 2.74. The molecule has 6 heteroatoms. The summed E-state index contributed by atoms with van der Waals surface area (Å²) in [4.78, 5) is 0. The number of aliphatic hydroxyl groups is 1. The lowest BCUT2D eigenvalue weighted by Crippen LogP contribution is -2.27. The number of tetrazole rings is 1. The fraction of sp³-hybridized carbons (Fsp3) is 0.583. The number of rotatable bonds is 2.